The summed E-state index contributed by atoms with van der Waals surface area (Å²) in [5.41, 5.74) is 0.0505. The van der Waals surface area contributed by atoms with Crippen LogP contribution in [0.3, 0.4) is 0 Å². The first kappa shape index (κ1) is 18.6. The van der Waals surface area contributed by atoms with Gasteiger partial charge in [-0.25, -0.2) is 0 Å². The molecule has 25 heavy (non-hydrogen) atoms. The third kappa shape index (κ3) is 4.51. The van der Waals surface area contributed by atoms with Crippen LogP contribution in [0.1, 0.15) is 44.9 Å². The summed E-state index contributed by atoms with van der Waals surface area (Å²) >= 11 is 0. The second kappa shape index (κ2) is 8.47. The first-order valence-electron chi connectivity index (χ1n) is 9.67. The quantitative estimate of drug-likeness (QED) is 0.731. The summed E-state index contributed by atoms with van der Waals surface area (Å²) in [5, 5.41) is 12.4. The van der Waals surface area contributed by atoms with Gasteiger partial charge in [-0.3, -0.25) is 19.4 Å². The molecule has 0 radical (unpaired) electrons. The summed E-state index contributed by atoms with van der Waals surface area (Å²) in [6, 6.07) is -0.506. The summed E-state index contributed by atoms with van der Waals surface area (Å²) in [6.07, 6.45) is 7.42. The molecule has 0 aromatic carbocycles. The zero-order valence-electron chi connectivity index (χ0n) is 15.0. The van der Waals surface area contributed by atoms with Crippen molar-refractivity contribution in [3.8, 4) is 0 Å². The zero-order valence-corrected chi connectivity index (χ0v) is 15.0. The van der Waals surface area contributed by atoms with Crippen molar-refractivity contribution in [3.05, 3.63) is 0 Å². The van der Waals surface area contributed by atoms with Crippen LogP contribution in [0.5, 0.6) is 0 Å². The maximum atomic E-state index is 12.4. The Balaban J connectivity index is 1.55. The molecule has 0 aromatic heterocycles. The van der Waals surface area contributed by atoms with Crippen LogP contribution in [-0.2, 0) is 14.3 Å². The molecule has 3 aliphatic rings. The zero-order chi connectivity index (χ0) is 17.7. The number of ether oxygens (including phenoxy) is 1. The predicted octanol–water partition coefficient (Wildman–Crippen LogP) is 0.687. The topological polar surface area (TPSA) is 82.1 Å². The van der Waals surface area contributed by atoms with Crippen LogP contribution in [0.4, 0.5) is 0 Å². The second-order valence-electron chi connectivity index (χ2n) is 7.63. The smallest absolute Gasteiger partial charge is 0.320 e. The van der Waals surface area contributed by atoms with E-state index in [0.29, 0.717) is 19.5 Å². The van der Waals surface area contributed by atoms with Gasteiger partial charge in [-0.2, -0.15) is 0 Å². The highest BCUT2D eigenvalue weighted by Gasteiger charge is 2.39. The van der Waals surface area contributed by atoms with Crippen molar-refractivity contribution < 1.29 is 19.4 Å². The molecule has 3 fully saturated rings. The molecule has 2 aliphatic heterocycles. The number of carboxylic acid groups (broad SMARTS) is 1. The van der Waals surface area contributed by atoms with Crippen LogP contribution >= 0.6 is 0 Å². The van der Waals surface area contributed by atoms with Crippen LogP contribution in [-0.4, -0.2) is 84.3 Å². The van der Waals surface area contributed by atoms with E-state index in [4.69, 9.17) is 4.74 Å². The fourth-order valence-electron chi connectivity index (χ4n) is 4.65. The van der Waals surface area contributed by atoms with E-state index >= 15 is 0 Å². The van der Waals surface area contributed by atoms with Gasteiger partial charge in [-0.1, -0.05) is 19.3 Å². The molecule has 1 saturated carbocycles. The molecular weight excluding hydrogens is 322 g/mol. The molecule has 142 valence electrons. The number of carbonyl (C=O) groups excluding carboxylic acids is 1. The molecule has 0 aromatic rings. The van der Waals surface area contributed by atoms with Gasteiger partial charge in [0.25, 0.3) is 0 Å². The van der Waals surface area contributed by atoms with E-state index in [-0.39, 0.29) is 18.0 Å². The lowest BCUT2D eigenvalue weighted by Crippen LogP contribution is -2.60. The Morgan fingerprint density at radius 3 is 2.48 bits per heavy atom. The molecule has 1 atom stereocenters. The van der Waals surface area contributed by atoms with Crippen molar-refractivity contribution in [3.63, 3.8) is 0 Å². The van der Waals surface area contributed by atoms with E-state index in [2.05, 4.69) is 10.2 Å². The van der Waals surface area contributed by atoms with Crippen LogP contribution in [0.25, 0.3) is 0 Å². The Bertz CT molecular complexity index is 473. The molecule has 0 spiro atoms. The molecule has 0 bridgehead atoms. The van der Waals surface area contributed by atoms with Gasteiger partial charge in [-0.15, -0.1) is 0 Å². The van der Waals surface area contributed by atoms with E-state index in [1.165, 1.54) is 19.3 Å². The monoisotopic (exact) mass is 353 g/mol. The number of amides is 1. The van der Waals surface area contributed by atoms with Crippen LogP contribution in [0.15, 0.2) is 0 Å². The molecule has 2 N–H and O–H groups in total. The molecule has 1 aliphatic carbocycles. The molecule has 1 amide bonds. The highest BCUT2D eigenvalue weighted by molar-refractivity contribution is 5.80. The van der Waals surface area contributed by atoms with Crippen molar-refractivity contribution >= 4 is 11.9 Å². The largest absolute Gasteiger partial charge is 0.480 e. The van der Waals surface area contributed by atoms with Gasteiger partial charge in [-0.05, 0) is 32.2 Å². The van der Waals surface area contributed by atoms with Crippen molar-refractivity contribution in [1.29, 1.82) is 0 Å². The Kier molecular flexibility index (Phi) is 6.30. The second-order valence-corrected chi connectivity index (χ2v) is 7.63. The van der Waals surface area contributed by atoms with Crippen molar-refractivity contribution in [2.75, 3.05) is 45.9 Å². The molecular formula is C18H31N3O4. The molecule has 7 nitrogen and oxygen atoms in total. The lowest BCUT2D eigenvalue weighted by Gasteiger charge is -2.48. The van der Waals surface area contributed by atoms with E-state index in [0.717, 1.165) is 45.6 Å². The van der Waals surface area contributed by atoms with Gasteiger partial charge in [0, 0.05) is 25.2 Å². The van der Waals surface area contributed by atoms with Crippen molar-refractivity contribution in [1.82, 2.24) is 15.1 Å². The first-order chi connectivity index (χ1) is 12.1. The highest BCUT2D eigenvalue weighted by atomic mass is 16.5. The maximum absolute atomic E-state index is 12.4. The number of hydrogen-bond acceptors (Lipinski definition) is 5. The van der Waals surface area contributed by atoms with E-state index in [1.54, 1.807) is 4.90 Å². The van der Waals surface area contributed by atoms with Gasteiger partial charge in [0.1, 0.15) is 6.04 Å². The molecule has 2 heterocycles. The van der Waals surface area contributed by atoms with Gasteiger partial charge in [0.05, 0.1) is 19.8 Å². The third-order valence-electron chi connectivity index (χ3n) is 6.08. The maximum Gasteiger partial charge on any atom is 0.320 e. The average molecular weight is 353 g/mol. The fourth-order valence-corrected chi connectivity index (χ4v) is 4.65. The molecule has 3 rings (SSSR count). The van der Waals surface area contributed by atoms with Crippen LogP contribution < -0.4 is 5.32 Å². The summed E-state index contributed by atoms with van der Waals surface area (Å²) in [4.78, 5) is 28.0. The number of likely N-dealkylation sites (tertiary alicyclic amines) is 1. The summed E-state index contributed by atoms with van der Waals surface area (Å²) < 4.78 is 5.49. The molecule has 0 unspecified atom stereocenters. The van der Waals surface area contributed by atoms with Gasteiger partial charge in [0.15, 0.2) is 0 Å². The van der Waals surface area contributed by atoms with Gasteiger partial charge in [0.2, 0.25) is 5.91 Å². The van der Waals surface area contributed by atoms with E-state index in [9.17, 15) is 14.7 Å². The number of nitrogens with zero attached hydrogens (tertiary/aromatic N) is 2. The molecule has 2 saturated heterocycles. The van der Waals surface area contributed by atoms with Crippen molar-refractivity contribution in [2.45, 2.75) is 56.5 Å². The standard InChI is InChI=1S/C18H31N3O4/c22-16(13-20-8-4-5-15(20)17(23)24)19-14-18(6-2-1-3-7-18)21-9-11-25-12-10-21/h15H,1-14H2,(H,19,22)(H,23,24)/t15-/m1/s1. The number of aliphatic carboxylic acids is 1. The Labute approximate surface area is 149 Å². The number of morpholine rings is 1. The lowest BCUT2D eigenvalue weighted by molar-refractivity contribution is -0.142. The van der Waals surface area contributed by atoms with E-state index in [1.807, 2.05) is 0 Å². The number of nitrogens with one attached hydrogen (secondary N) is 1. The number of rotatable bonds is 6. The highest BCUT2D eigenvalue weighted by Crippen LogP contribution is 2.33. The van der Waals surface area contributed by atoms with Crippen LogP contribution in [0, 0.1) is 0 Å². The van der Waals surface area contributed by atoms with E-state index < -0.39 is 12.0 Å². The average Bonchev–Trinajstić information content (AvgIpc) is 3.10. The number of carboxylic acids is 1. The predicted molar refractivity (Wildman–Crippen MR) is 93.4 cm³/mol. The Hall–Kier alpha value is -1.18. The minimum Gasteiger partial charge on any atom is -0.480 e. The fraction of sp³-hybridized carbons (Fsp3) is 0.889. The number of hydrogen-bond donors (Lipinski definition) is 2. The minimum absolute atomic E-state index is 0.0497. The first-order valence-corrected chi connectivity index (χ1v) is 9.67. The summed E-state index contributed by atoms with van der Waals surface area (Å²) in [7, 11) is 0. The van der Waals surface area contributed by atoms with Gasteiger partial charge < -0.3 is 15.2 Å². The summed E-state index contributed by atoms with van der Waals surface area (Å²) in [5.74, 6) is -0.867. The lowest BCUT2D eigenvalue weighted by atomic mass is 9.79. The van der Waals surface area contributed by atoms with Crippen molar-refractivity contribution in [2.24, 2.45) is 0 Å². The number of carbonyl (C=O) groups is 2. The SMILES string of the molecule is O=C(CN1CCC[C@@H]1C(=O)O)NCC1(N2CCOCC2)CCCCC1. The normalized spacial score (nSPS) is 27.9. The third-order valence-corrected chi connectivity index (χ3v) is 6.08. The Morgan fingerprint density at radius 1 is 1.08 bits per heavy atom. The Morgan fingerprint density at radius 2 is 1.80 bits per heavy atom. The van der Waals surface area contributed by atoms with Crippen LogP contribution in [0.2, 0.25) is 0 Å². The minimum atomic E-state index is -0.817. The molecule has 7 heteroatoms. The summed E-state index contributed by atoms with van der Waals surface area (Å²) in [6.45, 7) is 4.95. The van der Waals surface area contributed by atoms with Gasteiger partial charge >= 0.3 is 5.97 Å².